The van der Waals surface area contributed by atoms with Gasteiger partial charge in [0.25, 0.3) is 0 Å². The Kier molecular flexibility index (Phi) is 4.41. The molecule has 3 nitrogen and oxygen atoms in total. The van der Waals surface area contributed by atoms with Crippen molar-refractivity contribution in [3.8, 4) is 0 Å². The topological polar surface area (TPSA) is 28.2 Å². The first-order chi connectivity index (χ1) is 8.45. The molecule has 0 aromatic carbocycles. The number of aryl methyl sites for hydroxylation is 1. The van der Waals surface area contributed by atoms with Gasteiger partial charge in [0.15, 0.2) is 0 Å². The quantitative estimate of drug-likeness (QED) is 0.911. The fraction of sp³-hybridized carbons (Fsp3) is 0.786. The van der Waals surface area contributed by atoms with Crippen LogP contribution >= 0.6 is 11.3 Å². The van der Waals surface area contributed by atoms with Gasteiger partial charge in [0.2, 0.25) is 0 Å². The number of nitrogens with zero attached hydrogens (tertiary/aromatic N) is 2. The van der Waals surface area contributed by atoms with Gasteiger partial charge in [-0.05, 0) is 12.3 Å². The van der Waals surface area contributed by atoms with Crippen LogP contribution in [-0.2, 0) is 6.42 Å². The van der Waals surface area contributed by atoms with E-state index in [1.54, 1.807) is 11.3 Å². The third-order valence-electron chi connectivity index (χ3n) is 3.61. The molecule has 1 aliphatic heterocycles. The van der Waals surface area contributed by atoms with Crippen molar-refractivity contribution in [3.05, 3.63) is 16.1 Å². The van der Waals surface area contributed by atoms with Gasteiger partial charge < -0.3 is 10.2 Å². The van der Waals surface area contributed by atoms with E-state index in [-0.39, 0.29) is 0 Å². The summed E-state index contributed by atoms with van der Waals surface area (Å²) in [5, 5.41) is 7.06. The van der Waals surface area contributed by atoms with Crippen molar-refractivity contribution >= 4 is 11.3 Å². The molecule has 1 aromatic rings. The first kappa shape index (κ1) is 14.0. The Morgan fingerprint density at radius 2 is 2.28 bits per heavy atom. The van der Waals surface area contributed by atoms with Gasteiger partial charge >= 0.3 is 0 Å². The van der Waals surface area contributed by atoms with Gasteiger partial charge in [0.1, 0.15) is 0 Å². The molecule has 1 N–H and O–H groups in total. The van der Waals surface area contributed by atoms with E-state index in [2.05, 4.69) is 48.3 Å². The maximum absolute atomic E-state index is 4.54. The van der Waals surface area contributed by atoms with Gasteiger partial charge in [-0.15, -0.1) is 11.3 Å². The van der Waals surface area contributed by atoms with Crippen LogP contribution in [0.3, 0.4) is 0 Å². The molecule has 1 fully saturated rings. The number of rotatable bonds is 3. The average molecular weight is 267 g/mol. The van der Waals surface area contributed by atoms with Crippen LogP contribution in [0.15, 0.2) is 5.38 Å². The second-order valence-corrected chi connectivity index (χ2v) is 7.25. The zero-order valence-corrected chi connectivity index (χ0v) is 12.8. The van der Waals surface area contributed by atoms with Gasteiger partial charge in [-0.1, -0.05) is 20.8 Å². The molecule has 2 rings (SSSR count). The summed E-state index contributed by atoms with van der Waals surface area (Å²) in [6, 6.07) is 0.601. The minimum Gasteiger partial charge on any atom is -0.311 e. The normalized spacial score (nSPS) is 22.3. The van der Waals surface area contributed by atoms with Crippen LogP contribution in [0.2, 0.25) is 0 Å². The Balaban J connectivity index is 1.83. The highest BCUT2D eigenvalue weighted by atomic mass is 32.1. The molecule has 2 heterocycles. The minimum atomic E-state index is 0.344. The first-order valence-corrected chi connectivity index (χ1v) is 7.70. The molecule has 1 saturated heterocycles. The summed E-state index contributed by atoms with van der Waals surface area (Å²) in [5.41, 5.74) is 1.50. The van der Waals surface area contributed by atoms with Gasteiger partial charge in [-0.3, -0.25) is 0 Å². The Labute approximate surface area is 115 Å². The number of nitrogens with one attached hydrogen (secondary N) is 1. The standard InChI is InChI=1S/C14H25N3S/c1-11-10-18-13(16-11)5-7-17-8-6-15-12(9-17)14(2,3)4/h10,12,15H,5-9H2,1-4H3. The van der Waals surface area contributed by atoms with E-state index >= 15 is 0 Å². The van der Waals surface area contributed by atoms with E-state index in [1.165, 1.54) is 5.01 Å². The molecule has 1 aromatic heterocycles. The molecule has 4 heteroatoms. The van der Waals surface area contributed by atoms with Crippen LogP contribution < -0.4 is 5.32 Å². The molecule has 0 saturated carbocycles. The second-order valence-electron chi connectivity index (χ2n) is 6.31. The average Bonchev–Trinajstić information content (AvgIpc) is 2.72. The van der Waals surface area contributed by atoms with Gasteiger partial charge in [0.05, 0.1) is 5.01 Å². The molecule has 0 bridgehead atoms. The highest BCUT2D eigenvalue weighted by Crippen LogP contribution is 2.22. The lowest BCUT2D eigenvalue weighted by Crippen LogP contribution is -2.56. The van der Waals surface area contributed by atoms with Crippen LogP contribution in [0.25, 0.3) is 0 Å². The molecule has 0 aliphatic carbocycles. The summed E-state index contributed by atoms with van der Waals surface area (Å²) < 4.78 is 0. The number of piperazine rings is 1. The van der Waals surface area contributed by atoms with Crippen molar-refractivity contribution in [2.24, 2.45) is 5.41 Å². The lowest BCUT2D eigenvalue weighted by Gasteiger charge is -2.40. The molecular formula is C14H25N3S. The van der Waals surface area contributed by atoms with Crippen LogP contribution in [-0.4, -0.2) is 42.1 Å². The van der Waals surface area contributed by atoms with E-state index in [0.717, 1.165) is 38.3 Å². The van der Waals surface area contributed by atoms with Crippen molar-refractivity contribution < 1.29 is 0 Å². The fourth-order valence-corrected chi connectivity index (χ4v) is 3.13. The molecule has 1 aliphatic rings. The molecular weight excluding hydrogens is 242 g/mol. The van der Waals surface area contributed by atoms with E-state index in [4.69, 9.17) is 0 Å². The highest BCUT2D eigenvalue weighted by molar-refractivity contribution is 7.09. The maximum Gasteiger partial charge on any atom is 0.0940 e. The van der Waals surface area contributed by atoms with Crippen molar-refractivity contribution in [1.82, 2.24) is 15.2 Å². The largest absolute Gasteiger partial charge is 0.311 e. The molecule has 18 heavy (non-hydrogen) atoms. The Bertz CT molecular complexity index is 381. The van der Waals surface area contributed by atoms with Crippen molar-refractivity contribution in [1.29, 1.82) is 0 Å². The highest BCUT2D eigenvalue weighted by Gasteiger charge is 2.28. The maximum atomic E-state index is 4.54. The van der Waals surface area contributed by atoms with Crippen molar-refractivity contribution in [3.63, 3.8) is 0 Å². The molecule has 1 unspecified atom stereocenters. The van der Waals surface area contributed by atoms with E-state index < -0.39 is 0 Å². The molecule has 0 amide bonds. The SMILES string of the molecule is Cc1csc(CCN2CCNC(C(C)(C)C)C2)n1. The molecule has 1 atom stereocenters. The van der Waals surface area contributed by atoms with Crippen molar-refractivity contribution in [2.45, 2.75) is 40.2 Å². The van der Waals surface area contributed by atoms with E-state index in [9.17, 15) is 0 Å². The Hall–Kier alpha value is -0.450. The lowest BCUT2D eigenvalue weighted by atomic mass is 9.85. The third-order valence-corrected chi connectivity index (χ3v) is 4.64. The number of hydrogen-bond acceptors (Lipinski definition) is 4. The predicted molar refractivity (Wildman–Crippen MR) is 78.2 cm³/mol. The summed E-state index contributed by atoms with van der Waals surface area (Å²) in [5.74, 6) is 0. The predicted octanol–water partition coefficient (Wildman–Crippen LogP) is 2.31. The molecule has 0 spiro atoms. The number of aromatic nitrogens is 1. The van der Waals surface area contributed by atoms with Crippen LogP contribution in [0.1, 0.15) is 31.5 Å². The third kappa shape index (κ3) is 3.77. The van der Waals surface area contributed by atoms with Crippen LogP contribution in [0.4, 0.5) is 0 Å². The van der Waals surface area contributed by atoms with E-state index in [0.29, 0.717) is 11.5 Å². The zero-order valence-electron chi connectivity index (χ0n) is 12.0. The van der Waals surface area contributed by atoms with Gasteiger partial charge in [0, 0.05) is 49.7 Å². The van der Waals surface area contributed by atoms with E-state index in [1.807, 2.05) is 0 Å². The monoisotopic (exact) mass is 267 g/mol. The second kappa shape index (κ2) is 5.68. The number of hydrogen-bond donors (Lipinski definition) is 1. The van der Waals surface area contributed by atoms with Crippen LogP contribution in [0, 0.1) is 12.3 Å². The summed E-state index contributed by atoms with van der Waals surface area (Å²) in [4.78, 5) is 7.11. The summed E-state index contributed by atoms with van der Waals surface area (Å²) >= 11 is 1.79. The van der Waals surface area contributed by atoms with Crippen LogP contribution in [0.5, 0.6) is 0 Å². The summed E-state index contributed by atoms with van der Waals surface area (Å²) in [6.45, 7) is 13.6. The Morgan fingerprint density at radius 1 is 1.50 bits per heavy atom. The molecule has 102 valence electrons. The first-order valence-electron chi connectivity index (χ1n) is 6.82. The zero-order chi connectivity index (χ0) is 13.2. The fourth-order valence-electron chi connectivity index (χ4n) is 2.37. The van der Waals surface area contributed by atoms with Gasteiger partial charge in [-0.25, -0.2) is 4.98 Å². The lowest BCUT2D eigenvalue weighted by molar-refractivity contribution is 0.135. The van der Waals surface area contributed by atoms with Crippen molar-refractivity contribution in [2.75, 3.05) is 26.2 Å². The minimum absolute atomic E-state index is 0.344. The summed E-state index contributed by atoms with van der Waals surface area (Å²) in [6.07, 6.45) is 1.09. The smallest absolute Gasteiger partial charge is 0.0940 e. The number of thiazole rings is 1. The van der Waals surface area contributed by atoms with Gasteiger partial charge in [-0.2, -0.15) is 0 Å². The molecule has 0 radical (unpaired) electrons. The summed E-state index contributed by atoms with van der Waals surface area (Å²) in [7, 11) is 0. The Morgan fingerprint density at radius 3 is 2.89 bits per heavy atom.